The largest absolute Gasteiger partial charge is 0.467 e. The third-order valence-corrected chi connectivity index (χ3v) is 3.85. The van der Waals surface area contributed by atoms with E-state index in [2.05, 4.69) is 15.0 Å². The van der Waals surface area contributed by atoms with Crippen LogP contribution in [0.3, 0.4) is 0 Å². The van der Waals surface area contributed by atoms with E-state index in [0.717, 1.165) is 31.5 Å². The van der Waals surface area contributed by atoms with Gasteiger partial charge in [0.1, 0.15) is 0 Å². The maximum Gasteiger partial charge on any atom is 0.316 e. The lowest BCUT2D eigenvalue weighted by atomic mass is 9.98. The van der Waals surface area contributed by atoms with E-state index in [1.165, 1.54) is 19.5 Å². The van der Waals surface area contributed by atoms with Crippen molar-refractivity contribution in [1.29, 1.82) is 0 Å². The highest BCUT2D eigenvalue weighted by atomic mass is 16.5. The van der Waals surface area contributed by atoms with Crippen LogP contribution in [0.2, 0.25) is 0 Å². The Morgan fingerprint density at radius 1 is 1.23 bits per heavy atom. The maximum atomic E-state index is 12.8. The molecule has 0 saturated carbocycles. The van der Waals surface area contributed by atoms with Crippen molar-refractivity contribution in [2.75, 3.05) is 13.7 Å². The van der Waals surface area contributed by atoms with Crippen LogP contribution in [0.4, 0.5) is 0 Å². The Labute approximate surface area is 129 Å². The van der Waals surface area contributed by atoms with E-state index in [0.29, 0.717) is 5.56 Å². The second kappa shape index (κ2) is 6.51. The fourth-order valence-electron chi connectivity index (χ4n) is 2.75. The summed E-state index contributed by atoms with van der Waals surface area (Å²) in [6.07, 6.45) is 7.83. The Bertz CT molecular complexity index is 630. The number of pyridine rings is 1. The van der Waals surface area contributed by atoms with Crippen molar-refractivity contribution in [1.82, 2.24) is 19.9 Å². The number of methoxy groups -OCH3 is 1. The van der Waals surface area contributed by atoms with Crippen molar-refractivity contribution < 1.29 is 9.53 Å². The molecule has 1 aliphatic heterocycles. The summed E-state index contributed by atoms with van der Waals surface area (Å²) in [7, 11) is 1.50. The molecule has 0 unspecified atom stereocenters. The predicted octanol–water partition coefficient (Wildman–Crippen LogP) is 2.25. The van der Waals surface area contributed by atoms with Gasteiger partial charge in [0.25, 0.3) is 5.91 Å². The van der Waals surface area contributed by atoms with Gasteiger partial charge in [-0.05, 0) is 31.4 Å². The molecule has 6 nitrogen and oxygen atoms in total. The zero-order chi connectivity index (χ0) is 15.4. The molecule has 1 aliphatic rings. The van der Waals surface area contributed by atoms with Crippen LogP contribution in [0.1, 0.15) is 41.4 Å². The first-order valence-corrected chi connectivity index (χ1v) is 7.37. The SMILES string of the molecule is COc1ncc(C(=O)N2CCCC[C@H]2c2ccccn2)cn1. The van der Waals surface area contributed by atoms with Crippen LogP contribution < -0.4 is 4.74 Å². The molecule has 0 spiro atoms. The zero-order valence-corrected chi connectivity index (χ0v) is 12.5. The molecule has 0 aliphatic carbocycles. The van der Waals surface area contributed by atoms with Crippen LogP contribution in [-0.4, -0.2) is 39.4 Å². The number of piperidine rings is 1. The predicted molar refractivity (Wildman–Crippen MR) is 80.4 cm³/mol. The van der Waals surface area contributed by atoms with Crippen LogP contribution in [-0.2, 0) is 0 Å². The molecule has 1 amide bonds. The minimum atomic E-state index is -0.0574. The molecular weight excluding hydrogens is 280 g/mol. The molecule has 0 radical (unpaired) electrons. The Balaban J connectivity index is 1.85. The van der Waals surface area contributed by atoms with Gasteiger partial charge in [-0.15, -0.1) is 0 Å². The topological polar surface area (TPSA) is 68.2 Å². The summed E-state index contributed by atoms with van der Waals surface area (Å²) in [4.78, 5) is 27.1. The molecule has 1 fully saturated rings. The lowest BCUT2D eigenvalue weighted by Crippen LogP contribution is -2.39. The molecule has 2 aromatic rings. The number of hydrogen-bond donors (Lipinski definition) is 0. The standard InChI is InChI=1S/C16H18N4O2/c1-22-16-18-10-12(11-19-16)15(21)20-9-5-3-7-14(20)13-6-2-4-8-17-13/h2,4,6,8,10-11,14H,3,5,7,9H2,1H3/t14-/m0/s1. The van der Waals surface area contributed by atoms with Crippen LogP contribution in [0.15, 0.2) is 36.8 Å². The molecule has 3 rings (SSSR count). The summed E-state index contributed by atoms with van der Waals surface area (Å²) in [6.45, 7) is 0.728. The number of carbonyl (C=O) groups excluding carboxylic acids is 1. The molecule has 22 heavy (non-hydrogen) atoms. The van der Waals surface area contributed by atoms with Gasteiger partial charge in [0, 0.05) is 25.1 Å². The van der Waals surface area contributed by atoms with Gasteiger partial charge in [-0.3, -0.25) is 9.78 Å². The summed E-state index contributed by atoms with van der Waals surface area (Å²) in [5.74, 6) is -0.0574. The lowest BCUT2D eigenvalue weighted by Gasteiger charge is -2.35. The van der Waals surface area contributed by atoms with Gasteiger partial charge in [-0.25, -0.2) is 9.97 Å². The molecule has 0 aromatic carbocycles. The van der Waals surface area contributed by atoms with E-state index in [-0.39, 0.29) is 18.0 Å². The van der Waals surface area contributed by atoms with Gasteiger partial charge in [0.05, 0.1) is 24.4 Å². The maximum absolute atomic E-state index is 12.8. The van der Waals surface area contributed by atoms with Gasteiger partial charge in [0.15, 0.2) is 0 Å². The number of rotatable bonds is 3. The molecule has 1 saturated heterocycles. The van der Waals surface area contributed by atoms with E-state index in [9.17, 15) is 4.79 Å². The summed E-state index contributed by atoms with van der Waals surface area (Å²) in [6, 6.07) is 6.09. The minimum absolute atomic E-state index is 0.0181. The average Bonchev–Trinajstić information content (AvgIpc) is 2.62. The summed E-state index contributed by atoms with van der Waals surface area (Å²) in [5, 5.41) is 0. The van der Waals surface area contributed by atoms with Crippen molar-refractivity contribution >= 4 is 5.91 Å². The number of nitrogens with zero attached hydrogens (tertiary/aromatic N) is 4. The lowest BCUT2D eigenvalue weighted by molar-refractivity contribution is 0.0605. The Hall–Kier alpha value is -2.50. The number of likely N-dealkylation sites (tertiary alicyclic amines) is 1. The molecule has 3 heterocycles. The van der Waals surface area contributed by atoms with Crippen molar-refractivity contribution in [2.24, 2.45) is 0 Å². The van der Waals surface area contributed by atoms with Gasteiger partial charge in [-0.2, -0.15) is 0 Å². The second-order valence-electron chi connectivity index (χ2n) is 5.22. The first-order chi connectivity index (χ1) is 10.8. The summed E-state index contributed by atoms with van der Waals surface area (Å²) in [5.41, 5.74) is 1.41. The number of aromatic nitrogens is 3. The van der Waals surface area contributed by atoms with Crippen molar-refractivity contribution in [3.63, 3.8) is 0 Å². The first kappa shape index (κ1) is 14.4. The van der Waals surface area contributed by atoms with Crippen molar-refractivity contribution in [2.45, 2.75) is 25.3 Å². The molecule has 2 aromatic heterocycles. The quantitative estimate of drug-likeness (QED) is 0.869. The molecule has 6 heteroatoms. The van der Waals surface area contributed by atoms with Crippen LogP contribution >= 0.6 is 0 Å². The van der Waals surface area contributed by atoms with Gasteiger partial charge >= 0.3 is 6.01 Å². The van der Waals surface area contributed by atoms with E-state index in [4.69, 9.17) is 4.74 Å². The monoisotopic (exact) mass is 298 g/mol. The zero-order valence-electron chi connectivity index (χ0n) is 12.5. The molecule has 1 atom stereocenters. The van der Waals surface area contributed by atoms with Crippen molar-refractivity contribution in [3.8, 4) is 6.01 Å². The molecular formula is C16H18N4O2. The Kier molecular flexibility index (Phi) is 4.27. The third kappa shape index (κ3) is 2.90. The third-order valence-electron chi connectivity index (χ3n) is 3.85. The number of ether oxygens (including phenoxy) is 1. The highest BCUT2D eigenvalue weighted by Gasteiger charge is 2.29. The van der Waals surface area contributed by atoms with E-state index < -0.39 is 0 Å². The highest BCUT2D eigenvalue weighted by Crippen LogP contribution is 2.30. The molecule has 114 valence electrons. The summed E-state index contributed by atoms with van der Waals surface area (Å²) >= 11 is 0. The van der Waals surface area contributed by atoms with Gasteiger partial charge < -0.3 is 9.64 Å². The fourth-order valence-corrected chi connectivity index (χ4v) is 2.75. The normalized spacial score (nSPS) is 18.0. The summed E-state index contributed by atoms with van der Waals surface area (Å²) < 4.78 is 4.93. The Morgan fingerprint density at radius 2 is 2.05 bits per heavy atom. The van der Waals surface area contributed by atoms with Crippen LogP contribution in [0.25, 0.3) is 0 Å². The smallest absolute Gasteiger partial charge is 0.316 e. The highest BCUT2D eigenvalue weighted by molar-refractivity contribution is 5.94. The number of hydrogen-bond acceptors (Lipinski definition) is 5. The van der Waals surface area contributed by atoms with Gasteiger partial charge in [-0.1, -0.05) is 6.07 Å². The van der Waals surface area contributed by atoms with Crippen LogP contribution in [0, 0.1) is 0 Å². The van der Waals surface area contributed by atoms with E-state index >= 15 is 0 Å². The number of amides is 1. The first-order valence-electron chi connectivity index (χ1n) is 7.37. The van der Waals surface area contributed by atoms with Crippen LogP contribution in [0.5, 0.6) is 6.01 Å². The molecule has 0 bridgehead atoms. The second-order valence-corrected chi connectivity index (χ2v) is 5.22. The Morgan fingerprint density at radius 3 is 2.73 bits per heavy atom. The average molecular weight is 298 g/mol. The minimum Gasteiger partial charge on any atom is -0.467 e. The fraction of sp³-hybridized carbons (Fsp3) is 0.375. The number of carbonyl (C=O) groups is 1. The van der Waals surface area contributed by atoms with E-state index in [1.807, 2.05) is 23.1 Å². The van der Waals surface area contributed by atoms with E-state index in [1.54, 1.807) is 6.20 Å². The molecule has 0 N–H and O–H groups in total. The van der Waals surface area contributed by atoms with Gasteiger partial charge in [0.2, 0.25) is 0 Å². The van der Waals surface area contributed by atoms with Crippen molar-refractivity contribution in [3.05, 3.63) is 48.0 Å².